The van der Waals surface area contributed by atoms with Crippen LogP contribution in [0, 0.1) is 12.8 Å². The van der Waals surface area contributed by atoms with Gasteiger partial charge in [-0.25, -0.2) is 0 Å². The van der Waals surface area contributed by atoms with E-state index in [9.17, 15) is 0 Å². The first-order chi connectivity index (χ1) is 12.3. The summed E-state index contributed by atoms with van der Waals surface area (Å²) in [5.74, 6) is 0.974. The summed E-state index contributed by atoms with van der Waals surface area (Å²) in [6, 6.07) is 0. The lowest BCUT2D eigenvalue weighted by Gasteiger charge is -2.16. The molecule has 0 amide bonds. The predicted octanol–water partition coefficient (Wildman–Crippen LogP) is 9.67. The zero-order valence-corrected chi connectivity index (χ0v) is 18.1. The maximum Gasteiger partial charge on any atom is -0.0414 e. The minimum Gasteiger partial charge on any atom is -0.0654 e. The van der Waals surface area contributed by atoms with Gasteiger partial charge in [0.15, 0.2) is 0 Å². The van der Waals surface area contributed by atoms with Crippen molar-refractivity contribution in [1.82, 2.24) is 0 Å². The van der Waals surface area contributed by atoms with Gasteiger partial charge in [0.2, 0.25) is 0 Å². The van der Waals surface area contributed by atoms with E-state index in [-0.39, 0.29) is 0 Å². The summed E-state index contributed by atoms with van der Waals surface area (Å²) in [6.07, 6.45) is 30.2. The maximum atomic E-state index is 4.10. The first kappa shape index (κ1) is 25.0. The SMILES string of the molecule is [CH2]CCC(CCCCCCCCCC)CCCCCCCCCCC. The molecule has 0 aromatic heterocycles. The first-order valence-electron chi connectivity index (χ1n) is 12.1. The van der Waals surface area contributed by atoms with Gasteiger partial charge in [-0.05, 0) is 5.92 Å². The van der Waals surface area contributed by atoms with E-state index in [0.29, 0.717) is 0 Å². The minimum atomic E-state index is 0.974. The highest BCUT2D eigenvalue weighted by molar-refractivity contribution is 4.62. The second kappa shape index (κ2) is 22.0. The molecule has 1 radical (unpaired) electrons. The van der Waals surface area contributed by atoms with Crippen molar-refractivity contribution < 1.29 is 0 Å². The van der Waals surface area contributed by atoms with Gasteiger partial charge in [0, 0.05) is 0 Å². The van der Waals surface area contributed by atoms with Crippen LogP contribution in [0.3, 0.4) is 0 Å². The van der Waals surface area contributed by atoms with E-state index in [2.05, 4.69) is 20.8 Å². The van der Waals surface area contributed by atoms with Gasteiger partial charge in [-0.1, -0.05) is 156 Å². The molecule has 0 saturated heterocycles. The lowest BCUT2D eigenvalue weighted by atomic mass is 9.90. The molecule has 0 aliphatic carbocycles. The molecule has 0 bridgehead atoms. The average molecular weight is 352 g/mol. The van der Waals surface area contributed by atoms with Crippen molar-refractivity contribution >= 4 is 0 Å². The molecule has 1 unspecified atom stereocenters. The number of hydrogen-bond donors (Lipinski definition) is 0. The van der Waals surface area contributed by atoms with Crippen LogP contribution >= 0.6 is 0 Å². The van der Waals surface area contributed by atoms with Crippen LogP contribution in [0.25, 0.3) is 0 Å². The largest absolute Gasteiger partial charge is 0.0654 e. The molecule has 0 aliphatic rings. The summed E-state index contributed by atoms with van der Waals surface area (Å²) >= 11 is 0. The fraction of sp³-hybridized carbons (Fsp3) is 0.960. The standard InChI is InChI=1S/C25H51/c1-4-7-9-11-13-15-17-19-21-24-25(22-6-3)23-20-18-16-14-12-10-8-5-2/h25H,3-24H2,1-2H3. The minimum absolute atomic E-state index is 0.974. The summed E-state index contributed by atoms with van der Waals surface area (Å²) in [6.45, 7) is 8.71. The fourth-order valence-corrected chi connectivity index (χ4v) is 4.03. The van der Waals surface area contributed by atoms with Crippen LogP contribution in [0.15, 0.2) is 0 Å². The Morgan fingerprint density at radius 1 is 0.440 bits per heavy atom. The molecule has 151 valence electrons. The van der Waals surface area contributed by atoms with Crippen molar-refractivity contribution in [1.29, 1.82) is 0 Å². The van der Waals surface area contributed by atoms with E-state index >= 15 is 0 Å². The third-order valence-electron chi connectivity index (χ3n) is 5.79. The Kier molecular flexibility index (Phi) is 22.0. The molecule has 0 heterocycles. The van der Waals surface area contributed by atoms with E-state index < -0.39 is 0 Å². The number of hydrogen-bond acceptors (Lipinski definition) is 0. The average Bonchev–Trinajstić information content (AvgIpc) is 2.62. The highest BCUT2D eigenvalue weighted by Gasteiger charge is 2.07. The van der Waals surface area contributed by atoms with E-state index in [1.165, 1.54) is 128 Å². The van der Waals surface area contributed by atoms with E-state index in [1.807, 2.05) is 0 Å². The van der Waals surface area contributed by atoms with Crippen LogP contribution in [0.1, 0.15) is 149 Å². The quantitative estimate of drug-likeness (QED) is 0.180. The van der Waals surface area contributed by atoms with Crippen LogP contribution in [-0.2, 0) is 0 Å². The van der Waals surface area contributed by atoms with Crippen molar-refractivity contribution in [2.24, 2.45) is 5.92 Å². The second-order valence-corrected chi connectivity index (χ2v) is 8.39. The Labute approximate surface area is 161 Å². The zero-order valence-electron chi connectivity index (χ0n) is 18.1. The molecule has 0 spiro atoms. The van der Waals surface area contributed by atoms with Gasteiger partial charge in [-0.2, -0.15) is 0 Å². The van der Waals surface area contributed by atoms with E-state index in [1.54, 1.807) is 0 Å². The number of rotatable bonds is 21. The van der Waals surface area contributed by atoms with Crippen LogP contribution in [-0.4, -0.2) is 0 Å². The third kappa shape index (κ3) is 20.2. The van der Waals surface area contributed by atoms with Crippen molar-refractivity contribution in [3.05, 3.63) is 6.92 Å². The van der Waals surface area contributed by atoms with Crippen LogP contribution in [0.5, 0.6) is 0 Å². The summed E-state index contributed by atoms with van der Waals surface area (Å²) in [4.78, 5) is 0. The molecule has 0 aliphatic heterocycles. The predicted molar refractivity (Wildman–Crippen MR) is 117 cm³/mol. The normalized spacial score (nSPS) is 12.6. The Hall–Kier alpha value is 0. The molecule has 25 heavy (non-hydrogen) atoms. The van der Waals surface area contributed by atoms with Gasteiger partial charge in [0.1, 0.15) is 0 Å². The van der Waals surface area contributed by atoms with Crippen molar-refractivity contribution in [2.45, 2.75) is 149 Å². The Balaban J connectivity index is 3.42. The first-order valence-corrected chi connectivity index (χ1v) is 12.1. The molecule has 0 N–H and O–H groups in total. The molecule has 0 rings (SSSR count). The maximum absolute atomic E-state index is 4.10. The van der Waals surface area contributed by atoms with Crippen molar-refractivity contribution in [3.63, 3.8) is 0 Å². The molecular weight excluding hydrogens is 300 g/mol. The molecule has 0 aromatic rings. The van der Waals surface area contributed by atoms with Crippen LogP contribution < -0.4 is 0 Å². The lowest BCUT2D eigenvalue weighted by molar-refractivity contribution is 0.381. The molecule has 0 heteroatoms. The van der Waals surface area contributed by atoms with Gasteiger partial charge in [0.05, 0.1) is 0 Å². The van der Waals surface area contributed by atoms with E-state index in [4.69, 9.17) is 0 Å². The Morgan fingerprint density at radius 2 is 0.760 bits per heavy atom. The summed E-state index contributed by atoms with van der Waals surface area (Å²) in [7, 11) is 0. The third-order valence-corrected chi connectivity index (χ3v) is 5.79. The van der Waals surface area contributed by atoms with E-state index in [0.717, 1.165) is 12.3 Å². The zero-order chi connectivity index (χ0) is 18.4. The molecule has 1 atom stereocenters. The molecule has 0 nitrogen and oxygen atoms in total. The molecular formula is C25H51. The van der Waals surface area contributed by atoms with Gasteiger partial charge in [-0.15, -0.1) is 0 Å². The van der Waals surface area contributed by atoms with Gasteiger partial charge < -0.3 is 0 Å². The summed E-state index contributed by atoms with van der Waals surface area (Å²) in [5, 5.41) is 0. The monoisotopic (exact) mass is 351 g/mol. The van der Waals surface area contributed by atoms with Gasteiger partial charge in [-0.3, -0.25) is 0 Å². The highest BCUT2D eigenvalue weighted by Crippen LogP contribution is 2.23. The molecule has 0 aromatic carbocycles. The Morgan fingerprint density at radius 3 is 1.08 bits per heavy atom. The topological polar surface area (TPSA) is 0 Å². The highest BCUT2D eigenvalue weighted by atomic mass is 14.1. The van der Waals surface area contributed by atoms with Gasteiger partial charge >= 0.3 is 0 Å². The summed E-state index contributed by atoms with van der Waals surface area (Å²) in [5.41, 5.74) is 0. The summed E-state index contributed by atoms with van der Waals surface area (Å²) < 4.78 is 0. The molecule has 0 saturated carbocycles. The fourth-order valence-electron chi connectivity index (χ4n) is 4.03. The van der Waals surface area contributed by atoms with Crippen molar-refractivity contribution in [2.75, 3.05) is 0 Å². The Bertz CT molecular complexity index is 220. The molecule has 0 fully saturated rings. The second-order valence-electron chi connectivity index (χ2n) is 8.39. The lowest BCUT2D eigenvalue weighted by Crippen LogP contribution is -2.00. The van der Waals surface area contributed by atoms with Crippen LogP contribution in [0.2, 0.25) is 0 Å². The number of unbranched alkanes of at least 4 members (excludes halogenated alkanes) is 15. The van der Waals surface area contributed by atoms with Crippen molar-refractivity contribution in [3.8, 4) is 0 Å². The smallest absolute Gasteiger partial charge is 0.0414 e. The van der Waals surface area contributed by atoms with Gasteiger partial charge in [0.25, 0.3) is 0 Å². The van der Waals surface area contributed by atoms with Crippen LogP contribution in [0.4, 0.5) is 0 Å².